The topological polar surface area (TPSA) is 38.7 Å². The van der Waals surface area contributed by atoms with Crippen LogP contribution in [-0.2, 0) is 0 Å². The summed E-state index contributed by atoms with van der Waals surface area (Å²) in [5.41, 5.74) is 8.46. The largest absolute Gasteiger partial charge is 0.254 e. The van der Waals surface area contributed by atoms with Gasteiger partial charge in [0.1, 0.15) is 0 Å². The van der Waals surface area contributed by atoms with Gasteiger partial charge in [-0.15, -0.1) is 0 Å². The van der Waals surface area contributed by atoms with E-state index < -0.39 is 0 Å². The Kier molecular flexibility index (Phi) is 4.52. The monoisotopic (exact) mass is 483 g/mol. The van der Waals surface area contributed by atoms with Crippen molar-refractivity contribution in [3.8, 4) is 22.3 Å². The molecule has 0 fully saturated rings. The van der Waals surface area contributed by atoms with E-state index in [4.69, 9.17) is 9.97 Å². The van der Waals surface area contributed by atoms with Crippen LogP contribution in [0.25, 0.3) is 76.6 Å². The van der Waals surface area contributed by atoms with Crippen molar-refractivity contribution in [1.82, 2.24) is 15.0 Å². The highest BCUT2D eigenvalue weighted by atomic mass is 14.7. The van der Waals surface area contributed by atoms with Crippen LogP contribution in [0.3, 0.4) is 0 Å². The molecule has 0 bridgehead atoms. The van der Waals surface area contributed by atoms with E-state index in [1.807, 2.05) is 24.5 Å². The van der Waals surface area contributed by atoms with Crippen molar-refractivity contribution in [2.45, 2.75) is 0 Å². The van der Waals surface area contributed by atoms with Gasteiger partial charge in [-0.25, -0.2) is 4.98 Å². The fraction of sp³-hybridized carbons (Fsp3) is 0. The van der Waals surface area contributed by atoms with Gasteiger partial charge >= 0.3 is 0 Å². The van der Waals surface area contributed by atoms with Crippen LogP contribution in [0, 0.1) is 0 Å². The van der Waals surface area contributed by atoms with Gasteiger partial charge in [0.25, 0.3) is 0 Å². The van der Waals surface area contributed by atoms with Gasteiger partial charge < -0.3 is 0 Å². The molecule has 3 aromatic heterocycles. The van der Waals surface area contributed by atoms with Crippen molar-refractivity contribution < 1.29 is 0 Å². The molecular formula is C35H21N3. The Bertz CT molecular complexity index is 2200. The number of rotatable bonds is 2. The molecule has 0 aliphatic heterocycles. The van der Waals surface area contributed by atoms with Gasteiger partial charge in [0, 0.05) is 39.5 Å². The predicted molar refractivity (Wildman–Crippen MR) is 158 cm³/mol. The summed E-state index contributed by atoms with van der Waals surface area (Å²) in [5.74, 6) is 0. The van der Waals surface area contributed by atoms with Crippen molar-refractivity contribution in [3.05, 3.63) is 128 Å². The lowest BCUT2D eigenvalue weighted by Crippen LogP contribution is -1.89. The molecule has 0 aliphatic rings. The van der Waals surface area contributed by atoms with Crippen molar-refractivity contribution in [1.29, 1.82) is 0 Å². The molecule has 0 spiro atoms. The Labute approximate surface area is 219 Å². The van der Waals surface area contributed by atoms with Crippen molar-refractivity contribution in [2.75, 3.05) is 0 Å². The van der Waals surface area contributed by atoms with Gasteiger partial charge in [-0.3, -0.25) is 9.97 Å². The third-order valence-corrected chi connectivity index (χ3v) is 7.47. The maximum atomic E-state index is 5.04. The van der Waals surface area contributed by atoms with E-state index in [9.17, 15) is 0 Å². The number of hydrogen-bond acceptors (Lipinski definition) is 3. The lowest BCUT2D eigenvalue weighted by Gasteiger charge is -2.13. The van der Waals surface area contributed by atoms with Crippen LogP contribution in [0.15, 0.2) is 128 Å². The molecule has 0 unspecified atom stereocenters. The van der Waals surface area contributed by atoms with E-state index in [2.05, 4.69) is 108 Å². The van der Waals surface area contributed by atoms with E-state index in [1.54, 1.807) is 0 Å². The van der Waals surface area contributed by atoms with Gasteiger partial charge in [-0.1, -0.05) is 78.9 Å². The first kappa shape index (κ1) is 21.0. The van der Waals surface area contributed by atoms with Crippen LogP contribution in [0.5, 0.6) is 0 Å². The van der Waals surface area contributed by atoms with E-state index in [0.29, 0.717) is 0 Å². The van der Waals surface area contributed by atoms with E-state index >= 15 is 0 Å². The zero-order chi connectivity index (χ0) is 25.1. The highest BCUT2D eigenvalue weighted by Crippen LogP contribution is 2.37. The second kappa shape index (κ2) is 8.19. The minimum absolute atomic E-state index is 0.932. The minimum atomic E-state index is 0.932. The molecule has 0 atom stereocenters. The molecule has 5 aromatic carbocycles. The van der Waals surface area contributed by atoms with Crippen molar-refractivity contribution >= 4 is 54.4 Å². The van der Waals surface area contributed by atoms with E-state index in [-0.39, 0.29) is 0 Å². The maximum absolute atomic E-state index is 5.04. The minimum Gasteiger partial charge on any atom is -0.254 e. The van der Waals surface area contributed by atoms with E-state index in [1.165, 1.54) is 21.7 Å². The van der Waals surface area contributed by atoms with Gasteiger partial charge in [0.05, 0.1) is 22.1 Å². The SMILES string of the molecule is c1cc(-c2cnc3c(ccc4cccnc43)c2)cc(-c2cc3nc4ccccc4cc3c3ccccc23)c1. The lowest BCUT2D eigenvalue weighted by atomic mass is 9.93. The van der Waals surface area contributed by atoms with Crippen LogP contribution in [0.1, 0.15) is 0 Å². The Morgan fingerprint density at radius 3 is 2.18 bits per heavy atom. The maximum Gasteiger partial charge on any atom is 0.0964 e. The van der Waals surface area contributed by atoms with Crippen molar-refractivity contribution in [2.24, 2.45) is 0 Å². The molecule has 38 heavy (non-hydrogen) atoms. The summed E-state index contributed by atoms with van der Waals surface area (Å²) in [7, 11) is 0. The summed E-state index contributed by atoms with van der Waals surface area (Å²) in [6.45, 7) is 0. The van der Waals surface area contributed by atoms with Crippen molar-refractivity contribution in [3.63, 3.8) is 0 Å². The number of aromatic nitrogens is 3. The fourth-order valence-electron chi connectivity index (χ4n) is 5.62. The van der Waals surface area contributed by atoms with Gasteiger partial charge in [-0.2, -0.15) is 0 Å². The first-order valence-electron chi connectivity index (χ1n) is 12.8. The normalized spacial score (nSPS) is 11.7. The summed E-state index contributed by atoms with van der Waals surface area (Å²) in [5, 5.41) is 6.97. The zero-order valence-corrected chi connectivity index (χ0v) is 20.5. The summed E-state index contributed by atoms with van der Waals surface area (Å²) in [6.07, 6.45) is 3.79. The van der Waals surface area contributed by atoms with Crippen LogP contribution in [0.2, 0.25) is 0 Å². The molecule has 0 N–H and O–H groups in total. The Morgan fingerprint density at radius 2 is 1.21 bits per heavy atom. The standard InChI is InChI=1S/C35H21N3/c1-4-13-32-25(7-1)19-31-29-12-3-2-11-28(29)30(20-33(31)38-32)24-9-5-8-23(17-24)27-18-26-15-14-22-10-6-16-36-34(22)35(26)37-21-27/h1-21H. The second-order valence-electron chi connectivity index (χ2n) is 9.73. The first-order valence-corrected chi connectivity index (χ1v) is 12.8. The van der Waals surface area contributed by atoms with Gasteiger partial charge in [-0.05, 0) is 63.9 Å². The van der Waals surface area contributed by atoms with Crippen LogP contribution >= 0.6 is 0 Å². The number of hydrogen-bond donors (Lipinski definition) is 0. The molecule has 3 heterocycles. The van der Waals surface area contributed by atoms with E-state index in [0.717, 1.165) is 54.9 Å². The molecule has 0 saturated heterocycles. The molecule has 176 valence electrons. The zero-order valence-electron chi connectivity index (χ0n) is 20.5. The van der Waals surface area contributed by atoms with Crippen LogP contribution < -0.4 is 0 Å². The highest BCUT2D eigenvalue weighted by Gasteiger charge is 2.12. The summed E-state index contributed by atoms with van der Waals surface area (Å²) < 4.78 is 0. The Balaban J connectivity index is 1.32. The number of pyridine rings is 3. The molecule has 3 heteroatoms. The van der Waals surface area contributed by atoms with Gasteiger partial charge in [0.2, 0.25) is 0 Å². The smallest absolute Gasteiger partial charge is 0.0964 e. The summed E-state index contributed by atoms with van der Waals surface area (Å²) in [6, 6.07) is 40.7. The molecule has 0 radical (unpaired) electrons. The third-order valence-electron chi connectivity index (χ3n) is 7.47. The number of fused-ring (bicyclic) bond motifs is 7. The molecular weight excluding hydrogens is 462 g/mol. The van der Waals surface area contributed by atoms with Crippen LogP contribution in [0.4, 0.5) is 0 Å². The fourth-order valence-corrected chi connectivity index (χ4v) is 5.62. The first-order chi connectivity index (χ1) is 18.8. The molecule has 8 rings (SSSR count). The predicted octanol–water partition coefficient (Wildman–Crippen LogP) is 8.97. The highest BCUT2D eigenvalue weighted by molar-refractivity contribution is 6.15. The van der Waals surface area contributed by atoms with Gasteiger partial charge in [0.15, 0.2) is 0 Å². The Hall–Kier alpha value is -5.15. The molecule has 0 amide bonds. The molecule has 8 aromatic rings. The number of nitrogens with zero attached hydrogens (tertiary/aromatic N) is 3. The Morgan fingerprint density at radius 1 is 0.421 bits per heavy atom. The quantitative estimate of drug-likeness (QED) is 0.182. The molecule has 0 aliphatic carbocycles. The second-order valence-corrected chi connectivity index (χ2v) is 9.73. The molecule has 0 saturated carbocycles. The number of benzene rings is 5. The number of para-hydroxylation sites is 1. The molecule has 3 nitrogen and oxygen atoms in total. The summed E-state index contributed by atoms with van der Waals surface area (Å²) >= 11 is 0. The van der Waals surface area contributed by atoms with Crippen LogP contribution in [-0.4, -0.2) is 15.0 Å². The summed E-state index contributed by atoms with van der Waals surface area (Å²) in [4.78, 5) is 14.4. The third kappa shape index (κ3) is 3.26. The lowest BCUT2D eigenvalue weighted by molar-refractivity contribution is 1.37. The average molecular weight is 484 g/mol. The average Bonchev–Trinajstić information content (AvgIpc) is 2.99.